The Hall–Kier alpha value is -2.69. The molecule has 2 rings (SSSR count). The molecule has 22 heavy (non-hydrogen) atoms. The zero-order valence-corrected chi connectivity index (χ0v) is 12.9. The molecule has 0 aliphatic rings. The second kappa shape index (κ2) is 7.36. The van der Waals surface area contributed by atoms with Crippen LogP contribution in [0.5, 0.6) is 0 Å². The highest BCUT2D eigenvalue weighted by Gasteiger charge is 2.10. The summed E-state index contributed by atoms with van der Waals surface area (Å²) in [5.74, 6) is 0.182. The van der Waals surface area contributed by atoms with Crippen molar-refractivity contribution in [1.29, 1.82) is 0 Å². The summed E-state index contributed by atoms with van der Waals surface area (Å²) in [7, 11) is 0. The fourth-order valence-electron chi connectivity index (χ4n) is 2.07. The van der Waals surface area contributed by atoms with Gasteiger partial charge in [-0.3, -0.25) is 4.79 Å². The van der Waals surface area contributed by atoms with E-state index in [9.17, 15) is 4.79 Å². The van der Waals surface area contributed by atoms with Crippen LogP contribution in [0.2, 0.25) is 0 Å². The van der Waals surface area contributed by atoms with Crippen LogP contribution in [0.15, 0.2) is 43.0 Å². The van der Waals surface area contributed by atoms with Crippen LogP contribution in [0.3, 0.4) is 0 Å². The van der Waals surface area contributed by atoms with Gasteiger partial charge < -0.3 is 10.6 Å². The molecular weight excluding hydrogens is 276 g/mol. The molecule has 0 unspecified atom stereocenters. The lowest BCUT2D eigenvalue weighted by atomic mass is 10.1. The fraction of sp³-hybridized carbons (Fsp3) is 0.235. The lowest BCUT2D eigenvalue weighted by Crippen LogP contribution is -2.24. The molecule has 2 N–H and O–H groups in total. The smallest absolute Gasteiger partial charge is 0.270 e. The Labute approximate surface area is 130 Å². The largest absolute Gasteiger partial charge is 0.347 e. The van der Waals surface area contributed by atoms with Gasteiger partial charge in [0.15, 0.2) is 0 Å². The van der Waals surface area contributed by atoms with Gasteiger partial charge in [-0.1, -0.05) is 31.2 Å². The molecule has 1 aromatic heterocycles. The van der Waals surface area contributed by atoms with E-state index in [1.54, 1.807) is 12.1 Å². The topological polar surface area (TPSA) is 66.9 Å². The summed E-state index contributed by atoms with van der Waals surface area (Å²) in [5, 5.41) is 5.91. The lowest BCUT2D eigenvalue weighted by Gasteiger charge is -2.11. The van der Waals surface area contributed by atoms with Crippen LogP contribution in [-0.4, -0.2) is 22.4 Å². The summed E-state index contributed by atoms with van der Waals surface area (Å²) in [6.45, 7) is 7.91. The number of carbonyl (C=O) groups is 1. The van der Waals surface area contributed by atoms with Gasteiger partial charge in [0, 0.05) is 17.9 Å². The molecule has 0 radical (unpaired) electrons. The maximum absolute atomic E-state index is 12.0. The Kier molecular flexibility index (Phi) is 5.25. The molecule has 5 heteroatoms. The molecule has 1 heterocycles. The number of carbonyl (C=O) groups excluding carboxylic acids is 1. The fourth-order valence-corrected chi connectivity index (χ4v) is 2.07. The number of hydrogen-bond donors (Lipinski definition) is 2. The Morgan fingerprint density at radius 3 is 2.82 bits per heavy atom. The van der Waals surface area contributed by atoms with Gasteiger partial charge in [0.1, 0.15) is 5.69 Å². The molecule has 0 aliphatic heterocycles. The van der Waals surface area contributed by atoms with E-state index < -0.39 is 0 Å². The van der Waals surface area contributed by atoms with Crippen molar-refractivity contribution in [3.63, 3.8) is 0 Å². The molecule has 0 atom stereocenters. The van der Waals surface area contributed by atoms with E-state index in [1.165, 1.54) is 5.56 Å². The van der Waals surface area contributed by atoms with Crippen molar-refractivity contribution in [3.05, 3.63) is 59.9 Å². The third-order valence-electron chi connectivity index (χ3n) is 3.14. The van der Waals surface area contributed by atoms with E-state index in [2.05, 4.69) is 40.2 Å². The highest BCUT2D eigenvalue weighted by atomic mass is 16.1. The Morgan fingerprint density at radius 1 is 1.32 bits per heavy atom. The number of benzene rings is 1. The average molecular weight is 296 g/mol. The van der Waals surface area contributed by atoms with Crippen molar-refractivity contribution in [2.24, 2.45) is 0 Å². The van der Waals surface area contributed by atoms with Gasteiger partial charge in [0.05, 0.1) is 0 Å². The van der Waals surface area contributed by atoms with Crippen LogP contribution >= 0.6 is 0 Å². The first kappa shape index (κ1) is 15.7. The van der Waals surface area contributed by atoms with Crippen molar-refractivity contribution in [2.45, 2.75) is 20.3 Å². The maximum atomic E-state index is 12.0. The van der Waals surface area contributed by atoms with Crippen molar-refractivity contribution in [3.8, 4) is 0 Å². The number of hydrogen-bond acceptors (Lipinski definition) is 4. The predicted octanol–water partition coefficient (Wildman–Crippen LogP) is 3.01. The van der Waals surface area contributed by atoms with Crippen molar-refractivity contribution in [1.82, 2.24) is 15.3 Å². The van der Waals surface area contributed by atoms with Crippen LogP contribution < -0.4 is 10.6 Å². The number of aryl methyl sites for hydroxylation is 2. The molecule has 0 aliphatic carbocycles. The molecular formula is C17H20N4O. The first-order chi connectivity index (χ1) is 10.6. The van der Waals surface area contributed by atoms with Gasteiger partial charge in [-0.2, -0.15) is 0 Å². The second-order valence-electron chi connectivity index (χ2n) is 4.85. The predicted molar refractivity (Wildman–Crippen MR) is 88.4 cm³/mol. The summed E-state index contributed by atoms with van der Waals surface area (Å²) in [5.41, 5.74) is 3.19. The summed E-state index contributed by atoms with van der Waals surface area (Å²) in [6, 6.07) is 9.64. The number of anilines is 2. The minimum Gasteiger partial charge on any atom is -0.347 e. The molecule has 0 bridgehead atoms. The van der Waals surface area contributed by atoms with E-state index in [1.807, 2.05) is 25.1 Å². The van der Waals surface area contributed by atoms with Gasteiger partial charge in [0.2, 0.25) is 5.95 Å². The number of nitrogens with zero attached hydrogens (tertiary/aromatic N) is 2. The Bertz CT molecular complexity index is 682. The van der Waals surface area contributed by atoms with E-state index in [-0.39, 0.29) is 5.91 Å². The lowest BCUT2D eigenvalue weighted by molar-refractivity contribution is 0.0953. The molecule has 0 saturated carbocycles. The van der Waals surface area contributed by atoms with Gasteiger partial charge in [-0.15, -0.1) is 6.58 Å². The van der Waals surface area contributed by atoms with Crippen LogP contribution in [0.4, 0.5) is 11.6 Å². The number of rotatable bonds is 6. The number of para-hydroxylation sites is 1. The quantitative estimate of drug-likeness (QED) is 0.804. The highest BCUT2D eigenvalue weighted by Crippen LogP contribution is 2.19. The van der Waals surface area contributed by atoms with E-state index in [0.29, 0.717) is 18.2 Å². The molecule has 114 valence electrons. The van der Waals surface area contributed by atoms with Crippen LogP contribution in [0, 0.1) is 6.92 Å². The molecule has 5 nitrogen and oxygen atoms in total. The number of nitrogens with one attached hydrogen (secondary N) is 2. The third-order valence-corrected chi connectivity index (χ3v) is 3.14. The van der Waals surface area contributed by atoms with Gasteiger partial charge in [0.25, 0.3) is 5.91 Å². The van der Waals surface area contributed by atoms with E-state index >= 15 is 0 Å². The zero-order valence-electron chi connectivity index (χ0n) is 12.9. The third kappa shape index (κ3) is 3.91. The van der Waals surface area contributed by atoms with Gasteiger partial charge in [-0.05, 0) is 31.0 Å². The van der Waals surface area contributed by atoms with Gasteiger partial charge in [-0.25, -0.2) is 9.97 Å². The minimum atomic E-state index is -0.239. The molecule has 0 spiro atoms. The SMILES string of the molecule is C=CCNC(=O)c1cc(C)nc(Nc2ccccc2CC)n1. The Morgan fingerprint density at radius 2 is 2.09 bits per heavy atom. The molecule has 0 fully saturated rings. The van der Waals surface area contributed by atoms with Crippen molar-refractivity contribution < 1.29 is 4.79 Å². The minimum absolute atomic E-state index is 0.239. The summed E-state index contributed by atoms with van der Waals surface area (Å²) < 4.78 is 0. The monoisotopic (exact) mass is 296 g/mol. The zero-order chi connectivity index (χ0) is 15.9. The summed E-state index contributed by atoms with van der Waals surface area (Å²) in [6.07, 6.45) is 2.53. The van der Waals surface area contributed by atoms with E-state index in [0.717, 1.165) is 17.8 Å². The summed E-state index contributed by atoms with van der Waals surface area (Å²) >= 11 is 0. The van der Waals surface area contributed by atoms with Crippen molar-refractivity contribution >= 4 is 17.5 Å². The molecule has 2 aromatic rings. The highest BCUT2D eigenvalue weighted by molar-refractivity contribution is 5.92. The normalized spacial score (nSPS) is 10.1. The first-order valence-electron chi connectivity index (χ1n) is 7.23. The summed E-state index contributed by atoms with van der Waals surface area (Å²) in [4.78, 5) is 20.6. The van der Waals surface area contributed by atoms with Crippen LogP contribution in [0.1, 0.15) is 28.7 Å². The standard InChI is InChI=1S/C17H20N4O/c1-4-10-18-16(22)15-11-12(3)19-17(21-15)20-14-9-7-6-8-13(14)5-2/h4,6-9,11H,1,5,10H2,2-3H3,(H,18,22)(H,19,20,21). The molecule has 1 amide bonds. The maximum Gasteiger partial charge on any atom is 0.270 e. The van der Waals surface area contributed by atoms with Crippen LogP contribution in [-0.2, 0) is 6.42 Å². The van der Waals surface area contributed by atoms with Crippen molar-refractivity contribution in [2.75, 3.05) is 11.9 Å². The first-order valence-corrected chi connectivity index (χ1v) is 7.23. The molecule has 1 aromatic carbocycles. The molecule has 0 saturated heterocycles. The average Bonchev–Trinajstić information content (AvgIpc) is 2.52. The number of aromatic nitrogens is 2. The second-order valence-corrected chi connectivity index (χ2v) is 4.85. The number of amides is 1. The van der Waals surface area contributed by atoms with Crippen LogP contribution in [0.25, 0.3) is 0 Å². The van der Waals surface area contributed by atoms with E-state index in [4.69, 9.17) is 0 Å². The Balaban J connectivity index is 2.26. The van der Waals surface area contributed by atoms with Gasteiger partial charge >= 0.3 is 0 Å².